The monoisotopic (exact) mass is 394 g/mol. The number of fused-ring (bicyclic) bond motifs is 1. The van der Waals surface area contributed by atoms with Gasteiger partial charge >= 0.3 is 0 Å². The number of aryl methyl sites for hydroxylation is 1. The minimum atomic E-state index is -3.79. The van der Waals surface area contributed by atoms with Crippen LogP contribution in [0.25, 0.3) is 0 Å². The fraction of sp³-hybridized carbons (Fsp3) is 0.556. The number of piperazine rings is 1. The van der Waals surface area contributed by atoms with E-state index in [1.165, 1.54) is 13.0 Å². The van der Waals surface area contributed by atoms with Gasteiger partial charge in [0.1, 0.15) is 0 Å². The van der Waals surface area contributed by atoms with Crippen LogP contribution in [-0.2, 0) is 26.0 Å². The molecule has 3 rings (SSSR count). The molecule has 0 spiro atoms. The molecule has 0 saturated carbocycles. The van der Waals surface area contributed by atoms with E-state index in [2.05, 4.69) is 9.62 Å². The summed E-state index contributed by atoms with van der Waals surface area (Å²) in [6.45, 7) is 4.69. The minimum absolute atomic E-state index is 0.0533. The molecule has 2 aliphatic heterocycles. The molecule has 0 unspecified atom stereocenters. The number of carbonyl (C=O) groups excluding carboxylic acids is 2. The molecule has 148 valence electrons. The third-order valence-corrected chi connectivity index (χ3v) is 6.53. The number of nitrogens with one attached hydrogen (secondary N) is 1. The molecule has 1 fully saturated rings. The van der Waals surface area contributed by atoms with E-state index in [9.17, 15) is 18.0 Å². The summed E-state index contributed by atoms with van der Waals surface area (Å²) < 4.78 is 27.6. The summed E-state index contributed by atoms with van der Waals surface area (Å²) in [6, 6.07) is 4.77. The number of carbonyl (C=O) groups is 2. The fourth-order valence-corrected chi connectivity index (χ4v) is 4.50. The largest absolute Gasteiger partial charge is 0.339 e. The highest BCUT2D eigenvalue weighted by atomic mass is 32.2. The maximum absolute atomic E-state index is 12.6. The van der Waals surface area contributed by atoms with Crippen LogP contribution < -0.4 is 9.62 Å². The van der Waals surface area contributed by atoms with Crippen LogP contribution in [0.3, 0.4) is 0 Å². The number of anilines is 1. The van der Waals surface area contributed by atoms with Crippen molar-refractivity contribution in [3.63, 3.8) is 0 Å². The first-order valence-electron chi connectivity index (χ1n) is 9.15. The molecule has 0 radical (unpaired) electrons. The third-order valence-electron chi connectivity index (χ3n) is 5.13. The molecule has 1 saturated heterocycles. The maximum Gasteiger partial charge on any atom is 0.241 e. The van der Waals surface area contributed by atoms with Gasteiger partial charge in [-0.3, -0.25) is 9.59 Å². The first-order chi connectivity index (χ1) is 12.8. The Bertz CT molecular complexity index is 832. The van der Waals surface area contributed by atoms with Gasteiger partial charge in [-0.2, -0.15) is 0 Å². The molecule has 0 aliphatic carbocycles. The van der Waals surface area contributed by atoms with Crippen LogP contribution in [0.2, 0.25) is 0 Å². The average Bonchev–Trinajstić information content (AvgIpc) is 2.65. The molecule has 1 aromatic rings. The zero-order chi connectivity index (χ0) is 19.6. The van der Waals surface area contributed by atoms with Crippen molar-refractivity contribution in [1.82, 2.24) is 14.5 Å². The Labute approximate surface area is 160 Å². The van der Waals surface area contributed by atoms with E-state index >= 15 is 0 Å². The fourth-order valence-electron chi connectivity index (χ4n) is 3.48. The van der Waals surface area contributed by atoms with Crippen LogP contribution in [-0.4, -0.2) is 76.3 Å². The predicted molar refractivity (Wildman–Crippen MR) is 102 cm³/mol. The molecule has 9 heteroatoms. The Morgan fingerprint density at radius 3 is 2.48 bits per heavy atom. The molecular formula is C18H26N4O4S. The van der Waals surface area contributed by atoms with E-state index in [0.717, 1.165) is 37.2 Å². The summed E-state index contributed by atoms with van der Waals surface area (Å²) >= 11 is 0. The maximum atomic E-state index is 12.6. The molecule has 27 heavy (non-hydrogen) atoms. The second-order valence-electron chi connectivity index (χ2n) is 7.07. The number of rotatable bonds is 4. The van der Waals surface area contributed by atoms with Crippen LogP contribution in [0.1, 0.15) is 18.9 Å². The summed E-state index contributed by atoms with van der Waals surface area (Å²) in [6.07, 6.45) is 1.52. The molecule has 1 N–H and O–H groups in total. The van der Waals surface area contributed by atoms with Crippen LogP contribution in [0.4, 0.5) is 5.69 Å². The Morgan fingerprint density at radius 1 is 1.11 bits per heavy atom. The van der Waals surface area contributed by atoms with Gasteiger partial charge in [-0.15, -0.1) is 0 Å². The second-order valence-corrected chi connectivity index (χ2v) is 8.84. The van der Waals surface area contributed by atoms with Crippen molar-refractivity contribution in [1.29, 1.82) is 0 Å². The number of hydrogen-bond acceptors (Lipinski definition) is 5. The lowest BCUT2D eigenvalue weighted by atomic mass is 10.0. The van der Waals surface area contributed by atoms with Crippen molar-refractivity contribution in [2.45, 2.75) is 24.7 Å². The van der Waals surface area contributed by atoms with Crippen LogP contribution >= 0.6 is 0 Å². The molecule has 8 nitrogen and oxygen atoms in total. The second kappa shape index (κ2) is 7.95. The highest BCUT2D eigenvalue weighted by molar-refractivity contribution is 7.89. The Balaban J connectivity index is 1.68. The van der Waals surface area contributed by atoms with Gasteiger partial charge in [0.15, 0.2) is 0 Å². The number of benzene rings is 1. The first-order valence-corrected chi connectivity index (χ1v) is 10.6. The zero-order valence-corrected chi connectivity index (χ0v) is 16.6. The molecule has 0 aromatic heterocycles. The Hall–Kier alpha value is -1.97. The van der Waals surface area contributed by atoms with Gasteiger partial charge in [0.25, 0.3) is 0 Å². The molecule has 1 aromatic carbocycles. The van der Waals surface area contributed by atoms with E-state index < -0.39 is 10.0 Å². The summed E-state index contributed by atoms with van der Waals surface area (Å²) in [7, 11) is -1.79. The summed E-state index contributed by atoms with van der Waals surface area (Å²) in [5, 5.41) is 0. The number of likely N-dealkylation sites (N-methyl/N-ethyl adjacent to an activating group) is 1. The lowest BCUT2D eigenvalue weighted by Gasteiger charge is -2.32. The molecular weight excluding hydrogens is 368 g/mol. The number of nitrogens with zero attached hydrogens (tertiary/aromatic N) is 3. The van der Waals surface area contributed by atoms with Crippen molar-refractivity contribution >= 4 is 27.5 Å². The van der Waals surface area contributed by atoms with E-state index in [1.807, 2.05) is 7.05 Å². The molecule has 0 atom stereocenters. The predicted octanol–water partition coefficient (Wildman–Crippen LogP) is 0.0380. The normalized spacial score (nSPS) is 18.3. The van der Waals surface area contributed by atoms with Gasteiger partial charge in [-0.25, -0.2) is 13.1 Å². The summed E-state index contributed by atoms with van der Waals surface area (Å²) in [5.41, 5.74) is 1.60. The Kier molecular flexibility index (Phi) is 5.83. The van der Waals surface area contributed by atoms with Gasteiger partial charge in [0, 0.05) is 45.3 Å². The van der Waals surface area contributed by atoms with Crippen molar-refractivity contribution in [2.75, 3.05) is 51.2 Å². The molecule has 2 amide bonds. The van der Waals surface area contributed by atoms with E-state index in [1.54, 1.807) is 21.9 Å². The smallest absolute Gasteiger partial charge is 0.241 e. The van der Waals surface area contributed by atoms with Crippen molar-refractivity contribution in [3.8, 4) is 0 Å². The first kappa shape index (κ1) is 19.8. The van der Waals surface area contributed by atoms with Crippen molar-refractivity contribution in [3.05, 3.63) is 23.8 Å². The van der Waals surface area contributed by atoms with E-state index in [0.29, 0.717) is 19.6 Å². The SMILES string of the molecule is CC(=O)N1CCCc2cc(S(=O)(=O)NCC(=O)N3CCN(C)CC3)ccc21. The van der Waals surface area contributed by atoms with E-state index in [4.69, 9.17) is 0 Å². The van der Waals surface area contributed by atoms with E-state index in [-0.39, 0.29) is 23.3 Å². The van der Waals surface area contributed by atoms with Crippen LogP contribution in [0, 0.1) is 0 Å². The van der Waals surface area contributed by atoms with Crippen LogP contribution in [0.5, 0.6) is 0 Å². The summed E-state index contributed by atoms with van der Waals surface area (Å²) in [4.78, 5) is 29.6. The number of sulfonamides is 1. The van der Waals surface area contributed by atoms with Gasteiger partial charge in [-0.05, 0) is 43.7 Å². The zero-order valence-electron chi connectivity index (χ0n) is 15.8. The van der Waals surface area contributed by atoms with Gasteiger partial charge in [0.2, 0.25) is 21.8 Å². The van der Waals surface area contributed by atoms with Gasteiger partial charge < -0.3 is 14.7 Å². The standard InChI is InChI=1S/C18H26N4O4S/c1-14(23)22-7-3-4-15-12-16(5-6-17(15)22)27(25,26)19-13-18(24)21-10-8-20(2)9-11-21/h5-6,12,19H,3-4,7-11,13H2,1-2H3. The van der Waals surface area contributed by atoms with Crippen molar-refractivity contribution < 1.29 is 18.0 Å². The molecule has 0 bridgehead atoms. The minimum Gasteiger partial charge on any atom is -0.339 e. The Morgan fingerprint density at radius 2 is 1.81 bits per heavy atom. The van der Waals surface area contributed by atoms with Gasteiger partial charge in [0.05, 0.1) is 11.4 Å². The number of hydrogen-bond donors (Lipinski definition) is 1. The highest BCUT2D eigenvalue weighted by Gasteiger charge is 2.25. The van der Waals surface area contributed by atoms with Gasteiger partial charge in [-0.1, -0.05) is 0 Å². The lowest BCUT2D eigenvalue weighted by Crippen LogP contribution is -2.50. The third kappa shape index (κ3) is 4.48. The average molecular weight is 394 g/mol. The quantitative estimate of drug-likeness (QED) is 0.779. The lowest BCUT2D eigenvalue weighted by molar-refractivity contribution is -0.131. The topological polar surface area (TPSA) is 90.0 Å². The number of amides is 2. The highest BCUT2D eigenvalue weighted by Crippen LogP contribution is 2.29. The van der Waals surface area contributed by atoms with Crippen molar-refractivity contribution in [2.24, 2.45) is 0 Å². The molecule has 2 aliphatic rings. The van der Waals surface area contributed by atoms with Crippen LogP contribution in [0.15, 0.2) is 23.1 Å². The molecule has 2 heterocycles. The summed E-state index contributed by atoms with van der Waals surface area (Å²) in [5.74, 6) is -0.269.